The molecule has 1 aliphatic rings. The Balaban J connectivity index is 1.31. The Labute approximate surface area is 179 Å². The molecule has 8 nitrogen and oxygen atoms in total. The van der Waals surface area contributed by atoms with E-state index in [1.165, 1.54) is 11.6 Å². The summed E-state index contributed by atoms with van der Waals surface area (Å²) in [6.07, 6.45) is 3.27. The van der Waals surface area contributed by atoms with Crippen LogP contribution in [-0.2, 0) is 16.1 Å². The zero-order valence-corrected chi connectivity index (χ0v) is 17.4. The minimum Gasteiger partial charge on any atom is -0.326 e. The summed E-state index contributed by atoms with van der Waals surface area (Å²) in [5, 5.41) is 14.5. The fourth-order valence-electron chi connectivity index (χ4n) is 4.08. The number of amides is 2. The van der Waals surface area contributed by atoms with Crippen LogP contribution < -0.4 is 16.2 Å². The second kappa shape index (κ2) is 9.07. The van der Waals surface area contributed by atoms with Crippen molar-refractivity contribution in [1.82, 2.24) is 15.0 Å². The van der Waals surface area contributed by atoms with Gasteiger partial charge < -0.3 is 10.6 Å². The first-order valence-electron chi connectivity index (χ1n) is 10.5. The number of anilines is 2. The van der Waals surface area contributed by atoms with Crippen LogP contribution in [0.25, 0.3) is 10.9 Å². The van der Waals surface area contributed by atoms with Crippen molar-refractivity contribution in [3.8, 4) is 0 Å². The molecule has 8 heteroatoms. The van der Waals surface area contributed by atoms with Crippen LogP contribution in [0.15, 0.2) is 53.3 Å². The van der Waals surface area contributed by atoms with Gasteiger partial charge in [-0.15, -0.1) is 5.10 Å². The molecule has 0 saturated heterocycles. The molecule has 4 rings (SSSR count). The number of fused-ring (bicyclic) bond motifs is 1. The molecule has 0 atom stereocenters. The summed E-state index contributed by atoms with van der Waals surface area (Å²) < 4.78 is 1.45. The molecule has 2 amide bonds. The first-order valence-corrected chi connectivity index (χ1v) is 10.5. The highest BCUT2D eigenvalue weighted by Crippen LogP contribution is 2.30. The second-order valence-corrected chi connectivity index (χ2v) is 8.06. The van der Waals surface area contributed by atoms with Gasteiger partial charge in [0.1, 0.15) is 5.52 Å². The SMILES string of the molecule is CC(=O)Nc1ccc(NC(=O)C2CCC(Cn3nnc4ccccc4c3=O)CC2)cc1. The maximum Gasteiger partial charge on any atom is 0.277 e. The molecule has 1 saturated carbocycles. The van der Waals surface area contributed by atoms with Crippen molar-refractivity contribution in [2.45, 2.75) is 39.2 Å². The molecular weight excluding hydrogens is 394 g/mol. The Hall–Kier alpha value is -3.55. The summed E-state index contributed by atoms with van der Waals surface area (Å²) >= 11 is 0. The van der Waals surface area contributed by atoms with Gasteiger partial charge in [-0.1, -0.05) is 17.3 Å². The third kappa shape index (κ3) is 4.96. The van der Waals surface area contributed by atoms with Gasteiger partial charge in [-0.2, -0.15) is 0 Å². The van der Waals surface area contributed by atoms with Gasteiger partial charge in [-0.25, -0.2) is 4.68 Å². The van der Waals surface area contributed by atoms with Crippen LogP contribution in [0.4, 0.5) is 11.4 Å². The predicted molar refractivity (Wildman–Crippen MR) is 119 cm³/mol. The van der Waals surface area contributed by atoms with Crippen LogP contribution in [0.1, 0.15) is 32.6 Å². The molecule has 31 heavy (non-hydrogen) atoms. The third-order valence-corrected chi connectivity index (χ3v) is 5.75. The minimum absolute atomic E-state index is 0.00777. The number of rotatable bonds is 5. The lowest BCUT2D eigenvalue weighted by Crippen LogP contribution is -2.32. The molecular formula is C23H25N5O3. The van der Waals surface area contributed by atoms with E-state index in [9.17, 15) is 14.4 Å². The van der Waals surface area contributed by atoms with Crippen molar-refractivity contribution in [2.75, 3.05) is 10.6 Å². The van der Waals surface area contributed by atoms with E-state index in [1.807, 2.05) is 12.1 Å². The molecule has 1 heterocycles. The Kier molecular flexibility index (Phi) is 6.06. The molecule has 0 aliphatic heterocycles. The Morgan fingerprint density at radius 1 is 0.968 bits per heavy atom. The first-order chi connectivity index (χ1) is 15.0. The standard InChI is InChI=1S/C23H25N5O3/c1-15(29)24-18-10-12-19(13-11-18)25-22(30)17-8-6-16(7-9-17)14-28-23(31)20-4-2-3-5-21(20)26-27-28/h2-5,10-13,16-17H,6-9,14H2,1H3,(H,24,29)(H,25,30). The van der Waals surface area contributed by atoms with E-state index in [0.29, 0.717) is 34.7 Å². The monoisotopic (exact) mass is 419 g/mol. The van der Waals surface area contributed by atoms with Gasteiger partial charge in [0, 0.05) is 30.8 Å². The number of nitrogens with zero attached hydrogens (tertiary/aromatic N) is 3. The van der Waals surface area contributed by atoms with Crippen LogP contribution in [0.2, 0.25) is 0 Å². The predicted octanol–water partition coefficient (Wildman–Crippen LogP) is 3.20. The average molecular weight is 419 g/mol. The highest BCUT2D eigenvalue weighted by molar-refractivity contribution is 5.93. The third-order valence-electron chi connectivity index (χ3n) is 5.75. The van der Waals surface area contributed by atoms with Crippen molar-refractivity contribution in [3.05, 3.63) is 58.9 Å². The van der Waals surface area contributed by atoms with Gasteiger partial charge in [-0.05, 0) is 68.0 Å². The average Bonchev–Trinajstić information content (AvgIpc) is 2.77. The van der Waals surface area contributed by atoms with E-state index < -0.39 is 0 Å². The van der Waals surface area contributed by atoms with Gasteiger partial charge in [0.05, 0.1) is 5.39 Å². The summed E-state index contributed by atoms with van der Waals surface area (Å²) in [5.74, 6) is 0.124. The lowest BCUT2D eigenvalue weighted by Gasteiger charge is -2.27. The minimum atomic E-state index is -0.134. The van der Waals surface area contributed by atoms with Crippen LogP contribution >= 0.6 is 0 Å². The van der Waals surface area contributed by atoms with E-state index in [0.717, 1.165) is 25.7 Å². The molecule has 1 aromatic heterocycles. The Morgan fingerprint density at radius 3 is 2.29 bits per heavy atom. The molecule has 0 bridgehead atoms. The van der Waals surface area contributed by atoms with Crippen LogP contribution in [0.3, 0.4) is 0 Å². The number of carbonyl (C=O) groups excluding carboxylic acids is 2. The summed E-state index contributed by atoms with van der Waals surface area (Å²) in [4.78, 5) is 36.4. The molecule has 0 unspecified atom stereocenters. The molecule has 1 fully saturated rings. The largest absolute Gasteiger partial charge is 0.326 e. The maximum absolute atomic E-state index is 12.6. The summed E-state index contributed by atoms with van der Waals surface area (Å²) in [7, 11) is 0. The van der Waals surface area contributed by atoms with Crippen molar-refractivity contribution >= 4 is 34.1 Å². The van der Waals surface area contributed by atoms with Crippen molar-refractivity contribution in [2.24, 2.45) is 11.8 Å². The smallest absolute Gasteiger partial charge is 0.277 e. The van der Waals surface area contributed by atoms with Crippen molar-refractivity contribution in [3.63, 3.8) is 0 Å². The molecule has 3 aromatic rings. The van der Waals surface area contributed by atoms with Gasteiger partial charge in [0.2, 0.25) is 11.8 Å². The first kappa shape index (κ1) is 20.7. The van der Waals surface area contributed by atoms with E-state index in [4.69, 9.17) is 0 Å². The van der Waals surface area contributed by atoms with Crippen LogP contribution in [0.5, 0.6) is 0 Å². The lowest BCUT2D eigenvalue weighted by molar-refractivity contribution is -0.121. The number of nitrogens with one attached hydrogen (secondary N) is 2. The summed E-state index contributed by atoms with van der Waals surface area (Å²) in [6.45, 7) is 1.98. The maximum atomic E-state index is 12.6. The molecule has 0 spiro atoms. The fraction of sp³-hybridized carbons (Fsp3) is 0.348. The van der Waals surface area contributed by atoms with Gasteiger partial charge in [0.15, 0.2) is 0 Å². The second-order valence-electron chi connectivity index (χ2n) is 8.06. The van der Waals surface area contributed by atoms with Gasteiger partial charge in [-0.3, -0.25) is 14.4 Å². The van der Waals surface area contributed by atoms with Crippen molar-refractivity contribution in [1.29, 1.82) is 0 Å². The van der Waals surface area contributed by atoms with E-state index >= 15 is 0 Å². The summed E-state index contributed by atoms with van der Waals surface area (Å²) in [6, 6.07) is 14.3. The molecule has 0 radical (unpaired) electrons. The fourth-order valence-corrected chi connectivity index (χ4v) is 4.08. The number of carbonyl (C=O) groups is 2. The summed E-state index contributed by atoms with van der Waals surface area (Å²) in [5.41, 5.74) is 1.89. The number of aromatic nitrogens is 3. The number of hydrogen-bond donors (Lipinski definition) is 2. The topological polar surface area (TPSA) is 106 Å². The van der Waals surface area contributed by atoms with E-state index in [2.05, 4.69) is 20.9 Å². The van der Waals surface area contributed by atoms with Crippen LogP contribution in [0, 0.1) is 11.8 Å². The number of benzene rings is 2. The normalized spacial score (nSPS) is 18.5. The zero-order chi connectivity index (χ0) is 21.8. The zero-order valence-electron chi connectivity index (χ0n) is 17.4. The van der Waals surface area contributed by atoms with E-state index in [-0.39, 0.29) is 23.3 Å². The molecule has 1 aliphatic carbocycles. The molecule has 2 N–H and O–H groups in total. The Bertz CT molecular complexity index is 1150. The van der Waals surface area contributed by atoms with Crippen LogP contribution in [-0.4, -0.2) is 26.8 Å². The van der Waals surface area contributed by atoms with Crippen molar-refractivity contribution < 1.29 is 9.59 Å². The highest BCUT2D eigenvalue weighted by atomic mass is 16.2. The lowest BCUT2D eigenvalue weighted by atomic mass is 9.81. The quantitative estimate of drug-likeness (QED) is 0.661. The highest BCUT2D eigenvalue weighted by Gasteiger charge is 2.27. The van der Waals surface area contributed by atoms with Gasteiger partial charge in [0.25, 0.3) is 5.56 Å². The Morgan fingerprint density at radius 2 is 1.61 bits per heavy atom. The molecule has 160 valence electrons. The number of hydrogen-bond acceptors (Lipinski definition) is 5. The van der Waals surface area contributed by atoms with E-state index in [1.54, 1.807) is 36.4 Å². The molecule has 2 aromatic carbocycles. The van der Waals surface area contributed by atoms with Gasteiger partial charge >= 0.3 is 0 Å².